The minimum absolute atomic E-state index is 0.0630. The molecule has 9 heteroatoms. The van der Waals surface area contributed by atoms with E-state index in [1.807, 2.05) is 31.2 Å². The summed E-state index contributed by atoms with van der Waals surface area (Å²) >= 11 is 7.35. The van der Waals surface area contributed by atoms with E-state index in [-0.39, 0.29) is 29.4 Å². The quantitative estimate of drug-likeness (QED) is 0.776. The molecule has 24 heavy (non-hydrogen) atoms. The number of aromatic nitrogens is 2. The summed E-state index contributed by atoms with van der Waals surface area (Å²) in [6.45, 7) is 1.90. The van der Waals surface area contributed by atoms with Crippen molar-refractivity contribution in [3.63, 3.8) is 0 Å². The van der Waals surface area contributed by atoms with Gasteiger partial charge in [-0.25, -0.2) is 0 Å². The van der Waals surface area contributed by atoms with Crippen molar-refractivity contribution in [3.05, 3.63) is 46.6 Å². The minimum Gasteiger partial charge on any atom is -0.352 e. The summed E-state index contributed by atoms with van der Waals surface area (Å²) in [4.78, 5) is 27.3. The van der Waals surface area contributed by atoms with Crippen LogP contribution in [0.4, 0.5) is 0 Å². The highest BCUT2D eigenvalue weighted by Crippen LogP contribution is 2.19. The van der Waals surface area contributed by atoms with E-state index in [4.69, 9.17) is 16.1 Å². The highest BCUT2D eigenvalue weighted by atomic mass is 35.5. The third kappa shape index (κ3) is 5.24. The lowest BCUT2D eigenvalue weighted by atomic mass is 10.2. The predicted molar refractivity (Wildman–Crippen MR) is 91.7 cm³/mol. The van der Waals surface area contributed by atoms with Gasteiger partial charge in [-0.3, -0.25) is 9.59 Å². The Bertz CT molecular complexity index is 705. The van der Waals surface area contributed by atoms with Crippen molar-refractivity contribution in [1.29, 1.82) is 0 Å². The van der Waals surface area contributed by atoms with E-state index in [2.05, 4.69) is 20.8 Å². The predicted octanol–water partition coefficient (Wildman–Crippen LogP) is 2.02. The number of nitrogens with one attached hydrogen (secondary N) is 2. The van der Waals surface area contributed by atoms with Crippen LogP contribution in [-0.2, 0) is 17.1 Å². The molecule has 7 nitrogen and oxygen atoms in total. The summed E-state index contributed by atoms with van der Waals surface area (Å²) < 4.78 is 4.90. The van der Waals surface area contributed by atoms with E-state index < -0.39 is 5.91 Å². The van der Waals surface area contributed by atoms with E-state index in [1.165, 1.54) is 18.8 Å². The zero-order valence-corrected chi connectivity index (χ0v) is 14.8. The van der Waals surface area contributed by atoms with Crippen LogP contribution in [0.3, 0.4) is 0 Å². The van der Waals surface area contributed by atoms with Crippen LogP contribution in [0, 0.1) is 0 Å². The first-order chi connectivity index (χ1) is 11.5. The molecule has 2 rings (SSSR count). The van der Waals surface area contributed by atoms with E-state index in [1.54, 1.807) is 0 Å². The summed E-state index contributed by atoms with van der Waals surface area (Å²) in [6, 6.07) is 7.50. The van der Waals surface area contributed by atoms with Gasteiger partial charge in [0.15, 0.2) is 0 Å². The Morgan fingerprint density at radius 2 is 2.04 bits per heavy atom. The largest absolute Gasteiger partial charge is 0.352 e. The Labute approximate surface area is 148 Å². The lowest BCUT2D eigenvalue weighted by Gasteiger charge is -2.10. The molecule has 0 fully saturated rings. The Balaban J connectivity index is 1.78. The van der Waals surface area contributed by atoms with Gasteiger partial charge in [0.25, 0.3) is 11.7 Å². The first-order valence-electron chi connectivity index (χ1n) is 7.18. The Kier molecular flexibility index (Phi) is 6.62. The molecule has 1 unspecified atom stereocenters. The number of hydrogen-bond acceptors (Lipinski definition) is 6. The lowest BCUT2D eigenvalue weighted by Crippen LogP contribution is -2.30. The number of amides is 2. The van der Waals surface area contributed by atoms with Crippen LogP contribution < -0.4 is 10.6 Å². The van der Waals surface area contributed by atoms with Crippen molar-refractivity contribution in [2.24, 2.45) is 0 Å². The number of benzene rings is 1. The maximum Gasteiger partial charge on any atom is 0.292 e. The summed E-state index contributed by atoms with van der Waals surface area (Å²) in [5.41, 5.74) is 1.09. The molecule has 2 N–H and O–H groups in total. The second kappa shape index (κ2) is 8.70. The first kappa shape index (κ1) is 18.3. The van der Waals surface area contributed by atoms with Crippen LogP contribution in [-0.4, -0.2) is 34.3 Å². The molecule has 1 heterocycles. The van der Waals surface area contributed by atoms with Gasteiger partial charge in [0.05, 0.1) is 11.8 Å². The van der Waals surface area contributed by atoms with Crippen LogP contribution in [0.2, 0.25) is 5.02 Å². The Hall–Kier alpha value is -2.06. The molecule has 0 saturated carbocycles. The first-order valence-corrected chi connectivity index (χ1v) is 8.60. The standard InChI is InChI=1S/C15H17ClN4O3S/c1-9(24-8-10-3-5-11(16)6-4-10)14(21)18-7-12-19-13(20-23-12)15(22)17-2/h3-6,9H,7-8H2,1-2H3,(H,17,22)(H,18,21). The zero-order valence-electron chi connectivity index (χ0n) is 13.2. The van der Waals surface area contributed by atoms with Gasteiger partial charge in [0.1, 0.15) is 0 Å². The third-order valence-electron chi connectivity index (χ3n) is 3.09. The highest BCUT2D eigenvalue weighted by molar-refractivity contribution is 7.99. The van der Waals surface area contributed by atoms with Crippen molar-refractivity contribution in [2.75, 3.05) is 7.05 Å². The van der Waals surface area contributed by atoms with Crippen LogP contribution in [0.5, 0.6) is 0 Å². The van der Waals surface area contributed by atoms with Gasteiger partial charge in [0.2, 0.25) is 11.8 Å². The fourth-order valence-corrected chi connectivity index (χ4v) is 2.71. The number of rotatable bonds is 7. The maximum absolute atomic E-state index is 12.1. The fourth-order valence-electron chi connectivity index (χ4n) is 1.71. The average Bonchev–Trinajstić information content (AvgIpc) is 3.07. The molecule has 0 aliphatic carbocycles. The van der Waals surface area contributed by atoms with Crippen LogP contribution in [0.1, 0.15) is 29.0 Å². The normalized spacial score (nSPS) is 11.8. The number of nitrogens with zero attached hydrogens (tertiary/aromatic N) is 2. The molecule has 0 spiro atoms. The fraction of sp³-hybridized carbons (Fsp3) is 0.333. The van der Waals surface area contributed by atoms with Crippen LogP contribution in [0.15, 0.2) is 28.8 Å². The molecule has 0 aliphatic heterocycles. The van der Waals surface area contributed by atoms with E-state index in [0.717, 1.165) is 5.56 Å². The number of carbonyl (C=O) groups is 2. The van der Waals surface area contributed by atoms with Crippen molar-refractivity contribution < 1.29 is 14.1 Å². The Morgan fingerprint density at radius 3 is 2.71 bits per heavy atom. The SMILES string of the molecule is CNC(=O)c1noc(CNC(=O)C(C)SCc2ccc(Cl)cc2)n1. The van der Waals surface area contributed by atoms with E-state index >= 15 is 0 Å². The molecule has 2 aromatic rings. The number of thioether (sulfide) groups is 1. The molecule has 2 amide bonds. The van der Waals surface area contributed by atoms with Gasteiger partial charge >= 0.3 is 0 Å². The molecule has 128 valence electrons. The van der Waals surface area contributed by atoms with Crippen molar-refractivity contribution in [1.82, 2.24) is 20.8 Å². The molecule has 1 aromatic carbocycles. The summed E-state index contributed by atoms with van der Waals surface area (Å²) in [5.74, 6) is 0.230. The number of carbonyl (C=O) groups excluding carboxylic acids is 2. The molecule has 0 radical (unpaired) electrons. The Morgan fingerprint density at radius 1 is 1.33 bits per heavy atom. The number of halogens is 1. The molecule has 1 aromatic heterocycles. The third-order valence-corrected chi connectivity index (χ3v) is 4.56. The minimum atomic E-state index is -0.441. The smallest absolute Gasteiger partial charge is 0.292 e. The monoisotopic (exact) mass is 368 g/mol. The van der Waals surface area contributed by atoms with E-state index in [9.17, 15) is 9.59 Å². The van der Waals surface area contributed by atoms with Gasteiger partial charge < -0.3 is 15.2 Å². The molecule has 0 aliphatic rings. The zero-order chi connectivity index (χ0) is 17.5. The number of hydrogen-bond donors (Lipinski definition) is 2. The lowest BCUT2D eigenvalue weighted by molar-refractivity contribution is -0.120. The second-order valence-electron chi connectivity index (χ2n) is 4.89. The maximum atomic E-state index is 12.1. The summed E-state index contributed by atoms with van der Waals surface area (Å²) in [6.07, 6.45) is 0. The van der Waals surface area contributed by atoms with Crippen molar-refractivity contribution in [3.8, 4) is 0 Å². The highest BCUT2D eigenvalue weighted by Gasteiger charge is 2.16. The second-order valence-corrected chi connectivity index (χ2v) is 6.65. The summed E-state index contributed by atoms with van der Waals surface area (Å²) in [5, 5.41) is 9.06. The summed E-state index contributed by atoms with van der Waals surface area (Å²) in [7, 11) is 1.47. The molecule has 1 atom stereocenters. The topological polar surface area (TPSA) is 97.1 Å². The van der Waals surface area contributed by atoms with E-state index in [0.29, 0.717) is 10.8 Å². The molecule has 0 saturated heterocycles. The molecular formula is C15H17ClN4O3S. The van der Waals surface area contributed by atoms with Gasteiger partial charge in [-0.05, 0) is 24.6 Å². The van der Waals surface area contributed by atoms with Crippen LogP contribution >= 0.6 is 23.4 Å². The van der Waals surface area contributed by atoms with Crippen molar-refractivity contribution in [2.45, 2.75) is 24.5 Å². The molecule has 0 bridgehead atoms. The van der Waals surface area contributed by atoms with Gasteiger partial charge in [-0.15, -0.1) is 11.8 Å². The van der Waals surface area contributed by atoms with Gasteiger partial charge in [-0.2, -0.15) is 4.98 Å². The molecular weight excluding hydrogens is 352 g/mol. The average molecular weight is 369 g/mol. The van der Waals surface area contributed by atoms with Gasteiger partial charge in [-0.1, -0.05) is 28.9 Å². The van der Waals surface area contributed by atoms with Crippen molar-refractivity contribution >= 4 is 35.2 Å². The van der Waals surface area contributed by atoms with Crippen LogP contribution in [0.25, 0.3) is 0 Å². The van der Waals surface area contributed by atoms with Gasteiger partial charge in [0, 0.05) is 17.8 Å².